The van der Waals surface area contributed by atoms with Crippen LogP contribution in [0.3, 0.4) is 0 Å². The highest BCUT2D eigenvalue weighted by molar-refractivity contribution is 7.92. The summed E-state index contributed by atoms with van der Waals surface area (Å²) >= 11 is 0. The molecule has 4 rings (SSSR count). The van der Waals surface area contributed by atoms with Crippen LogP contribution in [-0.4, -0.2) is 57.9 Å². The Bertz CT molecular complexity index is 1290. The molecule has 2 aromatic heterocycles. The normalized spacial score (nSPS) is 14.8. The Balaban J connectivity index is 1.69. The molecular weight excluding hydrogens is 442 g/mol. The summed E-state index contributed by atoms with van der Waals surface area (Å²) in [6, 6.07) is 6.43. The number of sulfone groups is 1. The highest BCUT2D eigenvalue weighted by Gasteiger charge is 2.30. The van der Waals surface area contributed by atoms with Crippen molar-refractivity contribution in [1.29, 1.82) is 0 Å². The number of hydrogen-bond donors (Lipinski definition) is 2. The fraction of sp³-hybridized carbons (Fsp3) is 0.391. The maximum absolute atomic E-state index is 13.4. The zero-order valence-electron chi connectivity index (χ0n) is 18.6. The minimum atomic E-state index is -3.38. The average Bonchev–Trinajstić information content (AvgIpc) is 3.46. The van der Waals surface area contributed by atoms with E-state index in [0.717, 1.165) is 25.7 Å². The number of aromatic nitrogens is 3. The van der Waals surface area contributed by atoms with E-state index in [0.29, 0.717) is 28.0 Å². The number of primary amides is 1. The Kier molecular flexibility index (Phi) is 6.20. The van der Waals surface area contributed by atoms with Crippen molar-refractivity contribution in [1.82, 2.24) is 19.9 Å². The summed E-state index contributed by atoms with van der Waals surface area (Å²) in [5.41, 5.74) is 7.77. The number of carbonyl (C=O) groups is 2. The van der Waals surface area contributed by atoms with Gasteiger partial charge in [-0.05, 0) is 38.8 Å². The number of nitrogens with zero attached hydrogens (tertiary/aromatic N) is 3. The number of nitrogens with two attached hydrogens (primary N) is 1. The molecule has 2 amide bonds. The van der Waals surface area contributed by atoms with E-state index in [4.69, 9.17) is 5.73 Å². The van der Waals surface area contributed by atoms with E-state index in [1.54, 1.807) is 50.5 Å². The Hall–Kier alpha value is -3.27. The quantitative estimate of drug-likeness (QED) is 0.545. The minimum Gasteiger partial charge on any atom is -0.368 e. The van der Waals surface area contributed by atoms with Crippen LogP contribution in [0.25, 0.3) is 22.4 Å². The summed E-state index contributed by atoms with van der Waals surface area (Å²) in [7, 11) is -3.38. The van der Waals surface area contributed by atoms with Gasteiger partial charge in [0.1, 0.15) is 5.52 Å². The molecule has 1 aliphatic rings. The molecule has 0 bridgehead atoms. The van der Waals surface area contributed by atoms with Gasteiger partial charge in [-0.15, -0.1) is 0 Å². The average molecular weight is 470 g/mol. The number of carbonyl (C=O) groups excluding carboxylic acids is 2. The Morgan fingerprint density at radius 1 is 1.18 bits per heavy atom. The van der Waals surface area contributed by atoms with E-state index in [1.165, 1.54) is 4.90 Å². The first-order chi connectivity index (χ1) is 15.7. The highest BCUT2D eigenvalue weighted by Crippen LogP contribution is 2.28. The lowest BCUT2D eigenvalue weighted by Gasteiger charge is -2.27. The summed E-state index contributed by atoms with van der Waals surface area (Å²) in [5.74, 6) is -0.866. The molecule has 0 aliphatic heterocycles. The number of benzene rings is 1. The van der Waals surface area contributed by atoms with Gasteiger partial charge >= 0.3 is 0 Å². The van der Waals surface area contributed by atoms with Gasteiger partial charge in [-0.2, -0.15) is 0 Å². The third kappa shape index (κ3) is 4.47. The molecule has 1 fully saturated rings. The van der Waals surface area contributed by atoms with Crippen LogP contribution < -0.4 is 5.73 Å². The lowest BCUT2D eigenvalue weighted by Crippen LogP contribution is -2.44. The molecule has 3 N–H and O–H groups in total. The van der Waals surface area contributed by atoms with Gasteiger partial charge < -0.3 is 15.6 Å². The molecule has 2 heterocycles. The first-order valence-electron chi connectivity index (χ1n) is 11.0. The van der Waals surface area contributed by atoms with Crippen LogP contribution >= 0.6 is 0 Å². The molecule has 3 aromatic rings. The number of aromatic amines is 1. The zero-order valence-corrected chi connectivity index (χ0v) is 19.4. The van der Waals surface area contributed by atoms with Crippen LogP contribution in [0.1, 0.15) is 49.9 Å². The smallest absolute Gasteiger partial charge is 0.258 e. The molecule has 0 atom stereocenters. The number of amides is 2. The van der Waals surface area contributed by atoms with Crippen molar-refractivity contribution in [3.8, 4) is 11.3 Å². The number of nitrogens with one attached hydrogen (secondary N) is 1. The van der Waals surface area contributed by atoms with Crippen molar-refractivity contribution in [2.75, 3.05) is 6.54 Å². The first kappa shape index (κ1) is 22.9. The molecule has 1 aliphatic carbocycles. The van der Waals surface area contributed by atoms with E-state index >= 15 is 0 Å². The summed E-state index contributed by atoms with van der Waals surface area (Å²) < 4.78 is 24.8. The largest absolute Gasteiger partial charge is 0.368 e. The number of fused-ring (bicyclic) bond motifs is 1. The van der Waals surface area contributed by atoms with Gasteiger partial charge in [-0.3, -0.25) is 9.59 Å². The zero-order chi connectivity index (χ0) is 23.8. The molecule has 9 nitrogen and oxygen atoms in total. The Morgan fingerprint density at radius 2 is 1.85 bits per heavy atom. The van der Waals surface area contributed by atoms with Gasteiger partial charge in [0.05, 0.1) is 34.1 Å². The van der Waals surface area contributed by atoms with Crippen molar-refractivity contribution >= 4 is 32.8 Å². The second kappa shape index (κ2) is 8.93. The van der Waals surface area contributed by atoms with E-state index in [-0.39, 0.29) is 23.4 Å². The topological polar surface area (TPSA) is 139 Å². The van der Waals surface area contributed by atoms with Crippen LogP contribution in [-0.2, 0) is 14.6 Å². The van der Waals surface area contributed by atoms with E-state index in [2.05, 4.69) is 15.0 Å². The van der Waals surface area contributed by atoms with Crippen molar-refractivity contribution < 1.29 is 18.0 Å². The molecule has 0 unspecified atom stereocenters. The number of hydrogen-bond acceptors (Lipinski definition) is 6. The van der Waals surface area contributed by atoms with Crippen molar-refractivity contribution in [2.45, 2.75) is 55.7 Å². The third-order valence-electron chi connectivity index (χ3n) is 6.06. The summed E-state index contributed by atoms with van der Waals surface area (Å²) in [6.07, 6.45) is 6.81. The van der Waals surface area contributed by atoms with Gasteiger partial charge in [0, 0.05) is 17.8 Å². The lowest BCUT2D eigenvalue weighted by atomic mass is 10.1. The van der Waals surface area contributed by atoms with E-state index in [9.17, 15) is 18.0 Å². The second-order valence-corrected chi connectivity index (χ2v) is 11.1. The lowest BCUT2D eigenvalue weighted by molar-refractivity contribution is -0.119. The molecule has 0 radical (unpaired) electrons. The summed E-state index contributed by atoms with van der Waals surface area (Å²) in [5, 5.41) is -0.517. The van der Waals surface area contributed by atoms with Crippen LogP contribution in [0, 0.1) is 0 Å². The second-order valence-electron chi connectivity index (χ2n) is 8.61. The van der Waals surface area contributed by atoms with Crippen LogP contribution in [0.15, 0.2) is 41.6 Å². The first-order valence-corrected chi connectivity index (χ1v) is 12.5. The molecule has 33 heavy (non-hydrogen) atoms. The van der Waals surface area contributed by atoms with Gasteiger partial charge in [0.15, 0.2) is 15.5 Å². The molecule has 174 valence electrons. The SMILES string of the molecule is CC(C)S(=O)(=O)c1ccc(-c2cnc3[nH]cc(C(=O)N(CC(N)=O)C4CCCC4)c3n2)cc1. The summed E-state index contributed by atoms with van der Waals surface area (Å²) in [4.78, 5) is 38.8. The van der Waals surface area contributed by atoms with E-state index < -0.39 is 21.0 Å². The van der Waals surface area contributed by atoms with Gasteiger partial charge in [0.2, 0.25) is 5.91 Å². The molecule has 10 heteroatoms. The summed E-state index contributed by atoms with van der Waals surface area (Å²) in [6.45, 7) is 3.13. The predicted octanol–water partition coefficient (Wildman–Crippen LogP) is 2.68. The molecule has 0 saturated heterocycles. The monoisotopic (exact) mass is 469 g/mol. The van der Waals surface area contributed by atoms with Crippen LogP contribution in [0.2, 0.25) is 0 Å². The van der Waals surface area contributed by atoms with Gasteiger partial charge in [-0.1, -0.05) is 25.0 Å². The molecular formula is C23H27N5O4S. The van der Waals surface area contributed by atoms with Crippen LogP contribution in [0.5, 0.6) is 0 Å². The molecule has 1 aromatic carbocycles. The fourth-order valence-electron chi connectivity index (χ4n) is 4.19. The molecule has 1 saturated carbocycles. The van der Waals surface area contributed by atoms with Gasteiger partial charge in [0.25, 0.3) is 5.91 Å². The number of H-pyrrole nitrogens is 1. The van der Waals surface area contributed by atoms with Crippen LogP contribution in [0.4, 0.5) is 0 Å². The fourth-order valence-corrected chi connectivity index (χ4v) is 5.25. The van der Waals surface area contributed by atoms with Gasteiger partial charge in [-0.25, -0.2) is 18.4 Å². The van der Waals surface area contributed by atoms with E-state index in [1.807, 2.05) is 0 Å². The Labute approximate surface area is 192 Å². The van der Waals surface area contributed by atoms with Crippen molar-refractivity contribution in [3.63, 3.8) is 0 Å². The standard InChI is InChI=1S/C23H27N5O4S/c1-14(2)33(31,32)17-9-7-15(8-10-17)19-12-26-22-21(27-19)18(11-25-22)23(30)28(13-20(24)29)16-5-3-4-6-16/h7-12,14,16H,3-6,13H2,1-2H3,(H2,24,29)(H,25,26). The molecule has 0 spiro atoms. The van der Waals surface area contributed by atoms with Crippen molar-refractivity contribution in [2.24, 2.45) is 5.73 Å². The maximum Gasteiger partial charge on any atom is 0.258 e. The maximum atomic E-state index is 13.4. The highest BCUT2D eigenvalue weighted by atomic mass is 32.2. The third-order valence-corrected chi connectivity index (χ3v) is 8.23. The minimum absolute atomic E-state index is 0.0263. The van der Waals surface area contributed by atoms with Crippen molar-refractivity contribution in [3.05, 3.63) is 42.2 Å². The predicted molar refractivity (Wildman–Crippen MR) is 124 cm³/mol. The Morgan fingerprint density at radius 3 is 2.45 bits per heavy atom. The number of rotatable bonds is 7.